The van der Waals surface area contributed by atoms with E-state index >= 15 is 0 Å². The number of rotatable bonds is 2. The summed E-state index contributed by atoms with van der Waals surface area (Å²) >= 11 is 0. The predicted octanol–water partition coefficient (Wildman–Crippen LogP) is 1.92. The maximum Gasteiger partial charge on any atom is 0.316 e. The van der Waals surface area contributed by atoms with Crippen molar-refractivity contribution in [2.24, 2.45) is 5.92 Å². The van der Waals surface area contributed by atoms with Crippen molar-refractivity contribution in [3.63, 3.8) is 0 Å². The molecule has 0 spiro atoms. The highest BCUT2D eigenvalue weighted by Gasteiger charge is 2.34. The number of Topliss-reactive ketones (excluding diaryl/α,β-unsaturated/α-hetero) is 1. The number of carbonyl (C=O) groups excluding carboxylic acids is 2. The van der Waals surface area contributed by atoms with E-state index in [0.29, 0.717) is 18.4 Å². The average molecular weight is 248 g/mol. The Hall–Kier alpha value is -1.84. The molecule has 4 heteroatoms. The van der Waals surface area contributed by atoms with Crippen LogP contribution in [0.2, 0.25) is 0 Å². The van der Waals surface area contributed by atoms with Gasteiger partial charge in [0.1, 0.15) is 11.7 Å². The van der Waals surface area contributed by atoms with Gasteiger partial charge in [0, 0.05) is 5.56 Å². The molecule has 0 bridgehead atoms. The topological polar surface area (TPSA) is 52.6 Å². The van der Waals surface area contributed by atoms with Gasteiger partial charge < -0.3 is 9.47 Å². The van der Waals surface area contributed by atoms with Crippen LogP contribution in [0, 0.1) is 12.8 Å². The number of benzene rings is 1. The molecule has 0 fully saturated rings. The molecule has 0 aliphatic heterocycles. The van der Waals surface area contributed by atoms with Crippen molar-refractivity contribution in [2.75, 3.05) is 14.2 Å². The van der Waals surface area contributed by atoms with Crippen LogP contribution in [-0.2, 0) is 16.0 Å². The summed E-state index contributed by atoms with van der Waals surface area (Å²) in [6.07, 6.45) is 1.20. The van der Waals surface area contributed by atoms with Gasteiger partial charge in [-0.05, 0) is 43.0 Å². The molecular formula is C14H16O4. The third-order valence-electron chi connectivity index (χ3n) is 3.52. The molecule has 0 aromatic heterocycles. The van der Waals surface area contributed by atoms with Crippen molar-refractivity contribution in [2.45, 2.75) is 19.8 Å². The van der Waals surface area contributed by atoms with Crippen LogP contribution in [0.4, 0.5) is 0 Å². The maximum atomic E-state index is 12.2. The van der Waals surface area contributed by atoms with E-state index in [1.165, 1.54) is 7.11 Å². The number of ketones is 1. The lowest BCUT2D eigenvalue weighted by Gasteiger charge is -2.23. The van der Waals surface area contributed by atoms with E-state index in [9.17, 15) is 9.59 Å². The summed E-state index contributed by atoms with van der Waals surface area (Å²) in [6.45, 7) is 1.93. The molecule has 1 aromatic carbocycles. The van der Waals surface area contributed by atoms with Crippen LogP contribution < -0.4 is 4.74 Å². The molecule has 1 aliphatic carbocycles. The van der Waals surface area contributed by atoms with E-state index in [0.717, 1.165) is 16.9 Å². The van der Waals surface area contributed by atoms with E-state index in [4.69, 9.17) is 4.74 Å². The highest BCUT2D eigenvalue weighted by atomic mass is 16.5. The van der Waals surface area contributed by atoms with E-state index < -0.39 is 11.9 Å². The Labute approximate surface area is 106 Å². The highest BCUT2D eigenvalue weighted by Crippen LogP contribution is 2.32. The molecule has 0 radical (unpaired) electrons. The van der Waals surface area contributed by atoms with E-state index in [-0.39, 0.29) is 5.78 Å². The van der Waals surface area contributed by atoms with Gasteiger partial charge in [-0.15, -0.1) is 0 Å². The second-order valence-electron chi connectivity index (χ2n) is 4.40. The minimum absolute atomic E-state index is 0.145. The van der Waals surface area contributed by atoms with Gasteiger partial charge >= 0.3 is 5.97 Å². The normalized spacial score (nSPS) is 18.2. The van der Waals surface area contributed by atoms with Crippen molar-refractivity contribution < 1.29 is 19.1 Å². The van der Waals surface area contributed by atoms with Crippen LogP contribution in [0.15, 0.2) is 12.1 Å². The first-order chi connectivity index (χ1) is 8.60. The lowest BCUT2D eigenvalue weighted by Crippen LogP contribution is -2.30. The molecule has 1 atom stereocenters. The van der Waals surface area contributed by atoms with Crippen molar-refractivity contribution in [1.82, 2.24) is 0 Å². The first kappa shape index (κ1) is 12.6. The van der Waals surface area contributed by atoms with Gasteiger partial charge in [-0.25, -0.2) is 0 Å². The fourth-order valence-corrected chi connectivity index (χ4v) is 2.48. The number of carbonyl (C=O) groups is 2. The standard InChI is InChI=1S/C14H16O4/c1-8-9-4-5-11(14(16)18-3)13(15)10(9)6-7-12(8)17-2/h6-7,11H,4-5H2,1-3H3/t11-/m1/s1. The molecule has 0 amide bonds. The molecule has 2 rings (SSSR count). The Kier molecular flexibility index (Phi) is 3.36. The summed E-state index contributed by atoms with van der Waals surface area (Å²) in [5.74, 6) is -0.471. The van der Waals surface area contributed by atoms with E-state index in [1.807, 2.05) is 6.92 Å². The largest absolute Gasteiger partial charge is 0.496 e. The summed E-state index contributed by atoms with van der Waals surface area (Å²) in [7, 11) is 2.92. The minimum Gasteiger partial charge on any atom is -0.496 e. The summed E-state index contributed by atoms with van der Waals surface area (Å²) in [6, 6.07) is 3.50. The predicted molar refractivity (Wildman–Crippen MR) is 65.9 cm³/mol. The Bertz CT molecular complexity index is 505. The molecule has 0 N–H and O–H groups in total. The molecule has 1 aliphatic rings. The van der Waals surface area contributed by atoms with Crippen LogP contribution in [-0.4, -0.2) is 26.0 Å². The van der Waals surface area contributed by atoms with Gasteiger partial charge in [0.15, 0.2) is 5.78 Å². The quantitative estimate of drug-likeness (QED) is 0.592. The summed E-state index contributed by atoms with van der Waals surface area (Å²) in [5, 5.41) is 0. The first-order valence-electron chi connectivity index (χ1n) is 5.88. The summed E-state index contributed by atoms with van der Waals surface area (Å²) in [4.78, 5) is 23.8. The Morgan fingerprint density at radius 3 is 2.67 bits per heavy atom. The monoisotopic (exact) mass is 248 g/mol. The second-order valence-corrected chi connectivity index (χ2v) is 4.40. The van der Waals surface area contributed by atoms with Gasteiger partial charge in [0.2, 0.25) is 0 Å². The van der Waals surface area contributed by atoms with Crippen molar-refractivity contribution in [1.29, 1.82) is 0 Å². The zero-order valence-corrected chi connectivity index (χ0v) is 10.8. The number of fused-ring (bicyclic) bond motifs is 1. The molecule has 96 valence electrons. The van der Waals surface area contributed by atoms with Crippen LogP contribution in [0.5, 0.6) is 5.75 Å². The number of methoxy groups -OCH3 is 2. The Morgan fingerprint density at radius 2 is 2.06 bits per heavy atom. The van der Waals surface area contributed by atoms with Crippen LogP contribution in [0.1, 0.15) is 27.9 Å². The number of hydrogen-bond donors (Lipinski definition) is 0. The molecule has 18 heavy (non-hydrogen) atoms. The Morgan fingerprint density at radius 1 is 1.33 bits per heavy atom. The third kappa shape index (κ3) is 1.88. The first-order valence-corrected chi connectivity index (χ1v) is 5.88. The molecule has 0 heterocycles. The van der Waals surface area contributed by atoms with Crippen LogP contribution >= 0.6 is 0 Å². The van der Waals surface area contributed by atoms with Gasteiger partial charge in [0.05, 0.1) is 14.2 Å². The summed E-state index contributed by atoms with van der Waals surface area (Å²) < 4.78 is 9.90. The molecular weight excluding hydrogens is 232 g/mol. The average Bonchev–Trinajstić information content (AvgIpc) is 2.39. The van der Waals surface area contributed by atoms with Crippen LogP contribution in [0.25, 0.3) is 0 Å². The number of esters is 1. The lowest BCUT2D eigenvalue weighted by molar-refractivity contribution is -0.143. The second kappa shape index (κ2) is 4.80. The smallest absolute Gasteiger partial charge is 0.316 e. The fourth-order valence-electron chi connectivity index (χ4n) is 2.48. The van der Waals surface area contributed by atoms with Gasteiger partial charge in [0.25, 0.3) is 0 Å². The zero-order chi connectivity index (χ0) is 13.3. The molecule has 0 unspecified atom stereocenters. The molecule has 4 nitrogen and oxygen atoms in total. The highest BCUT2D eigenvalue weighted by molar-refractivity contribution is 6.10. The molecule has 1 aromatic rings. The van der Waals surface area contributed by atoms with Crippen molar-refractivity contribution in [3.05, 3.63) is 28.8 Å². The molecule has 0 saturated carbocycles. The van der Waals surface area contributed by atoms with Crippen molar-refractivity contribution >= 4 is 11.8 Å². The van der Waals surface area contributed by atoms with Gasteiger partial charge in [-0.2, -0.15) is 0 Å². The third-order valence-corrected chi connectivity index (χ3v) is 3.52. The number of hydrogen-bond acceptors (Lipinski definition) is 4. The van der Waals surface area contributed by atoms with E-state index in [1.54, 1.807) is 19.2 Å². The minimum atomic E-state index is -0.657. The van der Waals surface area contributed by atoms with Crippen molar-refractivity contribution in [3.8, 4) is 5.75 Å². The Balaban J connectivity index is 2.43. The maximum absolute atomic E-state index is 12.2. The van der Waals surface area contributed by atoms with E-state index in [2.05, 4.69) is 4.74 Å². The number of ether oxygens (including phenoxy) is 2. The van der Waals surface area contributed by atoms with Gasteiger partial charge in [-0.1, -0.05) is 0 Å². The van der Waals surface area contributed by atoms with Gasteiger partial charge in [-0.3, -0.25) is 9.59 Å². The van der Waals surface area contributed by atoms with Crippen LogP contribution in [0.3, 0.4) is 0 Å². The zero-order valence-electron chi connectivity index (χ0n) is 10.8. The fraction of sp³-hybridized carbons (Fsp3) is 0.429. The SMILES string of the molecule is COC(=O)[C@@H]1CCc2c(ccc(OC)c2C)C1=O. The lowest BCUT2D eigenvalue weighted by atomic mass is 9.81. The molecule has 0 saturated heterocycles. The summed E-state index contributed by atoms with van der Waals surface area (Å²) in [5.41, 5.74) is 2.58.